The molecule has 0 amide bonds. The summed E-state index contributed by atoms with van der Waals surface area (Å²) in [5.74, 6) is 0. The fraction of sp³-hybridized carbons (Fsp3) is 0.273. The highest BCUT2D eigenvalue weighted by molar-refractivity contribution is 5.88. The lowest BCUT2D eigenvalue weighted by atomic mass is 9.81. The maximum absolute atomic E-state index is 4.07. The zero-order valence-corrected chi connectivity index (χ0v) is 22.5. The molecule has 1 heteroatoms. The van der Waals surface area contributed by atoms with E-state index in [0.29, 0.717) is 0 Å². The fourth-order valence-corrected chi connectivity index (χ4v) is 4.16. The van der Waals surface area contributed by atoms with Crippen molar-refractivity contribution < 1.29 is 0 Å². The third-order valence-electron chi connectivity index (χ3n) is 5.71. The van der Waals surface area contributed by atoms with Crippen molar-refractivity contribution in [2.24, 2.45) is 0 Å². The van der Waals surface area contributed by atoms with E-state index in [9.17, 15) is 0 Å². The average Bonchev–Trinajstić information content (AvgIpc) is 3.08. The minimum Gasteiger partial charge on any atom is -0.356 e. The molecule has 180 valence electrons. The predicted molar refractivity (Wildman–Crippen MR) is 157 cm³/mol. The van der Waals surface area contributed by atoms with Crippen molar-refractivity contribution in [2.75, 3.05) is 5.32 Å². The van der Waals surface area contributed by atoms with Crippen LogP contribution in [0.15, 0.2) is 104 Å². The van der Waals surface area contributed by atoms with Gasteiger partial charge in [-0.3, -0.25) is 0 Å². The maximum atomic E-state index is 4.07. The van der Waals surface area contributed by atoms with Crippen LogP contribution in [-0.2, 0) is 5.41 Å². The van der Waals surface area contributed by atoms with Gasteiger partial charge in [-0.2, -0.15) is 0 Å². The summed E-state index contributed by atoms with van der Waals surface area (Å²) in [5.41, 5.74) is 9.65. The molecule has 1 N–H and O–H groups in total. The van der Waals surface area contributed by atoms with Crippen molar-refractivity contribution >= 4 is 22.5 Å². The summed E-state index contributed by atoms with van der Waals surface area (Å²) in [6.07, 6.45) is 14.2. The molecule has 0 saturated carbocycles. The molecule has 0 fully saturated rings. The van der Waals surface area contributed by atoms with Crippen LogP contribution in [0.1, 0.15) is 72.1 Å². The average molecular weight is 454 g/mol. The second-order valence-corrected chi connectivity index (χ2v) is 7.96. The van der Waals surface area contributed by atoms with E-state index >= 15 is 0 Å². The molecule has 1 aliphatic rings. The van der Waals surface area contributed by atoms with Gasteiger partial charge in [-0.05, 0) is 71.5 Å². The summed E-state index contributed by atoms with van der Waals surface area (Å²) >= 11 is 0. The quantitative estimate of drug-likeness (QED) is 0.411. The lowest BCUT2D eigenvalue weighted by Gasteiger charge is -2.23. The molecule has 1 aliphatic carbocycles. The van der Waals surface area contributed by atoms with Crippen LogP contribution in [0.2, 0.25) is 0 Å². The summed E-state index contributed by atoms with van der Waals surface area (Å²) < 4.78 is 0. The van der Waals surface area contributed by atoms with Gasteiger partial charge in [0.2, 0.25) is 0 Å². The molecular formula is C33H43N. The number of rotatable bonds is 7. The molecule has 0 spiro atoms. The van der Waals surface area contributed by atoms with Gasteiger partial charge in [-0.25, -0.2) is 0 Å². The largest absolute Gasteiger partial charge is 0.356 e. The van der Waals surface area contributed by atoms with Crippen molar-refractivity contribution in [3.8, 4) is 0 Å². The Balaban J connectivity index is 0.00000137. The molecule has 0 radical (unpaired) electrons. The van der Waals surface area contributed by atoms with Crippen LogP contribution in [0.25, 0.3) is 11.1 Å². The number of hydrogen-bond acceptors (Lipinski definition) is 1. The molecule has 0 atom stereocenters. The van der Waals surface area contributed by atoms with E-state index in [4.69, 9.17) is 0 Å². The number of fused-ring (bicyclic) bond motifs is 1. The molecule has 0 saturated heterocycles. The zero-order valence-electron chi connectivity index (χ0n) is 22.5. The van der Waals surface area contributed by atoms with Crippen LogP contribution in [0, 0.1) is 0 Å². The summed E-state index contributed by atoms with van der Waals surface area (Å²) in [7, 11) is 0. The van der Waals surface area contributed by atoms with E-state index in [2.05, 4.69) is 113 Å². The number of allylic oxidation sites excluding steroid dienone is 10. The molecule has 2 aromatic rings. The molecule has 0 unspecified atom stereocenters. The van der Waals surface area contributed by atoms with Gasteiger partial charge in [0.1, 0.15) is 0 Å². The SMILES string of the molecule is C=C/C=C\C(=C/C)c1ccc(Nc2ccc3c(c2)C(C)(C)C(C=C)=C3/C=C\C)cc1.CC.CC. The summed E-state index contributed by atoms with van der Waals surface area (Å²) in [5, 5.41) is 3.56. The predicted octanol–water partition coefficient (Wildman–Crippen LogP) is 10.4. The molecule has 0 aliphatic heterocycles. The summed E-state index contributed by atoms with van der Waals surface area (Å²) in [6.45, 7) is 24.5. The smallest absolute Gasteiger partial charge is 0.0387 e. The molecule has 34 heavy (non-hydrogen) atoms. The Labute approximate surface area is 209 Å². The first-order chi connectivity index (χ1) is 16.5. The highest BCUT2D eigenvalue weighted by Crippen LogP contribution is 2.48. The van der Waals surface area contributed by atoms with Crippen molar-refractivity contribution in [3.05, 3.63) is 120 Å². The van der Waals surface area contributed by atoms with Crippen LogP contribution in [0.5, 0.6) is 0 Å². The van der Waals surface area contributed by atoms with Crippen molar-refractivity contribution in [1.82, 2.24) is 0 Å². The molecule has 0 heterocycles. The number of nitrogens with one attached hydrogen (secondary N) is 1. The normalized spacial score (nSPS) is 14.2. The summed E-state index contributed by atoms with van der Waals surface area (Å²) in [4.78, 5) is 0. The topological polar surface area (TPSA) is 12.0 Å². The lowest BCUT2D eigenvalue weighted by Crippen LogP contribution is -2.16. The highest BCUT2D eigenvalue weighted by atomic mass is 14.9. The van der Waals surface area contributed by atoms with E-state index in [1.807, 2.05) is 39.8 Å². The van der Waals surface area contributed by atoms with Crippen LogP contribution >= 0.6 is 0 Å². The van der Waals surface area contributed by atoms with E-state index in [0.717, 1.165) is 11.4 Å². The second kappa shape index (κ2) is 14.1. The minimum atomic E-state index is -0.0637. The Hall–Kier alpha value is -3.32. The van der Waals surface area contributed by atoms with Gasteiger partial charge in [0, 0.05) is 16.8 Å². The van der Waals surface area contributed by atoms with Gasteiger partial charge in [-0.1, -0.05) is 115 Å². The standard InChI is InChI=1S/C29H31N.2C2H6/c1-7-11-13-21(9-3)22-14-16-23(17-15-22)30-24-18-19-26-25(12-8-2)27(10-4)29(5,6)28(26)20-24;2*1-2/h7-20,30H,1,4H2,2-3,5-6H3;2*1-2H3/b12-8-,13-11-,21-9+;;. The highest BCUT2D eigenvalue weighted by Gasteiger charge is 2.35. The first-order valence-corrected chi connectivity index (χ1v) is 12.4. The summed E-state index contributed by atoms with van der Waals surface area (Å²) in [6, 6.07) is 15.2. The van der Waals surface area contributed by atoms with E-state index in [1.165, 1.54) is 33.4 Å². The second-order valence-electron chi connectivity index (χ2n) is 7.96. The van der Waals surface area contributed by atoms with E-state index in [-0.39, 0.29) is 5.41 Å². The Morgan fingerprint density at radius 3 is 2.03 bits per heavy atom. The third-order valence-corrected chi connectivity index (χ3v) is 5.71. The van der Waals surface area contributed by atoms with Crippen LogP contribution in [0.3, 0.4) is 0 Å². The minimum absolute atomic E-state index is 0.0637. The van der Waals surface area contributed by atoms with Gasteiger partial charge in [0.15, 0.2) is 0 Å². The molecule has 1 nitrogen and oxygen atoms in total. The lowest BCUT2D eigenvalue weighted by molar-refractivity contribution is 0.655. The molecule has 2 aromatic carbocycles. The Morgan fingerprint density at radius 2 is 1.50 bits per heavy atom. The van der Waals surface area contributed by atoms with Gasteiger partial charge in [0.05, 0.1) is 0 Å². The van der Waals surface area contributed by atoms with Crippen molar-refractivity contribution in [3.63, 3.8) is 0 Å². The number of anilines is 2. The maximum Gasteiger partial charge on any atom is 0.0387 e. The van der Waals surface area contributed by atoms with E-state index in [1.54, 1.807) is 6.08 Å². The van der Waals surface area contributed by atoms with Crippen LogP contribution in [0.4, 0.5) is 11.4 Å². The Kier molecular flexibility index (Phi) is 11.9. The molecular weight excluding hydrogens is 410 g/mol. The third kappa shape index (κ3) is 6.38. The first kappa shape index (κ1) is 28.7. The Morgan fingerprint density at radius 1 is 0.882 bits per heavy atom. The molecule has 0 aromatic heterocycles. The fourth-order valence-electron chi connectivity index (χ4n) is 4.16. The van der Waals surface area contributed by atoms with E-state index < -0.39 is 0 Å². The molecule has 3 rings (SSSR count). The Bertz CT molecular complexity index is 1070. The number of benzene rings is 2. The van der Waals surface area contributed by atoms with Gasteiger partial charge in [-0.15, -0.1) is 0 Å². The van der Waals surface area contributed by atoms with Crippen LogP contribution < -0.4 is 5.32 Å². The molecule has 0 bridgehead atoms. The van der Waals surface area contributed by atoms with Gasteiger partial charge < -0.3 is 5.32 Å². The van der Waals surface area contributed by atoms with Gasteiger partial charge >= 0.3 is 0 Å². The first-order valence-electron chi connectivity index (χ1n) is 12.4. The van der Waals surface area contributed by atoms with Crippen LogP contribution in [-0.4, -0.2) is 0 Å². The zero-order chi connectivity index (χ0) is 25.7. The van der Waals surface area contributed by atoms with Crippen molar-refractivity contribution in [2.45, 2.75) is 60.8 Å². The monoisotopic (exact) mass is 453 g/mol. The van der Waals surface area contributed by atoms with Crippen molar-refractivity contribution in [1.29, 1.82) is 0 Å². The number of hydrogen-bond donors (Lipinski definition) is 1. The van der Waals surface area contributed by atoms with Gasteiger partial charge in [0.25, 0.3) is 0 Å².